The Bertz CT molecular complexity index is 1900. The molecule has 6 aromatic rings. The number of fused-ring (bicyclic) bond motifs is 7. The molecule has 0 saturated carbocycles. The summed E-state index contributed by atoms with van der Waals surface area (Å²) in [6.45, 7) is 0. The third kappa shape index (κ3) is 3.95. The number of benzene rings is 3. The third-order valence-electron chi connectivity index (χ3n) is 7.23. The molecule has 0 bridgehead atoms. The van der Waals surface area contributed by atoms with Crippen LogP contribution in [0.5, 0.6) is 34.5 Å². The maximum atomic E-state index is 5.70. The zero-order chi connectivity index (χ0) is 27.3. The molecule has 0 unspecified atom stereocenters. The maximum absolute atomic E-state index is 5.70. The van der Waals surface area contributed by atoms with Gasteiger partial charge in [-0.25, -0.2) is 0 Å². The quantitative estimate of drug-likeness (QED) is 0.280. The molecule has 3 aromatic carbocycles. The molecule has 0 amide bonds. The van der Waals surface area contributed by atoms with Crippen LogP contribution in [0, 0.1) is 0 Å². The minimum Gasteiger partial charge on any atom is -1.00 e. The van der Waals surface area contributed by atoms with Crippen molar-refractivity contribution in [2.24, 2.45) is 0 Å². The van der Waals surface area contributed by atoms with Crippen molar-refractivity contribution >= 4 is 32.7 Å². The van der Waals surface area contributed by atoms with Crippen molar-refractivity contribution in [3.63, 3.8) is 0 Å². The molecular formula is C31H29ClN2O6. The molecule has 0 atom stereocenters. The molecule has 0 radical (unpaired) electrons. The van der Waals surface area contributed by atoms with Crippen LogP contribution >= 0.6 is 0 Å². The lowest BCUT2D eigenvalue weighted by Crippen LogP contribution is -3.00. The first-order valence-corrected chi connectivity index (χ1v) is 12.4. The second-order valence-corrected chi connectivity index (χ2v) is 9.05. The van der Waals surface area contributed by atoms with Crippen LogP contribution in [0.1, 0.15) is 0 Å². The Hall–Kier alpha value is -4.56. The first kappa shape index (κ1) is 27.0. The van der Waals surface area contributed by atoms with E-state index in [0.717, 1.165) is 44.0 Å². The van der Waals surface area contributed by atoms with Gasteiger partial charge in [-0.2, -0.15) is 8.80 Å². The molecule has 0 saturated heterocycles. The number of nitrogens with zero attached hydrogens (tertiary/aromatic N) is 2. The van der Waals surface area contributed by atoms with E-state index in [1.54, 1.807) is 42.7 Å². The van der Waals surface area contributed by atoms with Gasteiger partial charge in [0.2, 0.25) is 0 Å². The van der Waals surface area contributed by atoms with Gasteiger partial charge >= 0.3 is 0 Å². The predicted octanol–water partition coefficient (Wildman–Crippen LogP) is 2.71. The predicted molar refractivity (Wildman–Crippen MR) is 150 cm³/mol. The van der Waals surface area contributed by atoms with E-state index < -0.39 is 0 Å². The number of halogens is 1. The topological polar surface area (TPSA) is 63.9 Å². The SMILES string of the molecule is COc1ccc(-c2c3c4cc(OC)c(OC)cc4ccn3c3c4cc(OC)c(OC)cc4cc[n+]23)cc1OC.[Cl-]. The Labute approximate surface area is 237 Å². The van der Waals surface area contributed by atoms with Crippen molar-refractivity contribution < 1.29 is 45.2 Å². The second kappa shape index (κ2) is 10.5. The molecule has 3 aromatic heterocycles. The van der Waals surface area contributed by atoms with E-state index in [4.69, 9.17) is 28.4 Å². The zero-order valence-corrected chi connectivity index (χ0v) is 23.8. The summed E-state index contributed by atoms with van der Waals surface area (Å²) in [5, 5.41) is 4.07. The van der Waals surface area contributed by atoms with Gasteiger partial charge in [0, 0.05) is 17.0 Å². The van der Waals surface area contributed by atoms with Crippen LogP contribution in [0.25, 0.3) is 44.0 Å². The van der Waals surface area contributed by atoms with Crippen molar-refractivity contribution in [2.45, 2.75) is 0 Å². The number of pyridine rings is 2. The number of aromatic nitrogens is 2. The standard InChI is InChI=1S/C31H29N2O6.ClH/c1-34-23-8-7-20(15-24(23)35-2)29-30-21-16-27(38-5)25(36-3)13-18(21)9-12-33(30)31-22-17-28(39-6)26(37-4)14-19(22)10-11-32(29)31;/h7-17H,1-6H3;1H/q+1;/p-1. The Balaban J connectivity index is 0.00000323. The number of methoxy groups -OCH3 is 6. The third-order valence-corrected chi connectivity index (χ3v) is 7.23. The summed E-state index contributed by atoms with van der Waals surface area (Å²) in [6, 6.07) is 18.2. The number of hydrogen-bond donors (Lipinski definition) is 0. The lowest BCUT2D eigenvalue weighted by atomic mass is 10.0. The highest BCUT2D eigenvalue weighted by Gasteiger charge is 2.28. The first-order valence-electron chi connectivity index (χ1n) is 12.4. The van der Waals surface area contributed by atoms with Gasteiger partial charge in [0.15, 0.2) is 45.7 Å². The molecule has 0 aliphatic rings. The molecule has 0 fully saturated rings. The molecular weight excluding hydrogens is 532 g/mol. The molecule has 8 nitrogen and oxygen atoms in total. The summed E-state index contributed by atoms with van der Waals surface area (Å²) in [7, 11) is 9.87. The van der Waals surface area contributed by atoms with Gasteiger partial charge in [-0.15, -0.1) is 0 Å². The Morgan fingerprint density at radius 2 is 1.07 bits per heavy atom. The van der Waals surface area contributed by atoms with Gasteiger partial charge in [0.1, 0.15) is 0 Å². The smallest absolute Gasteiger partial charge is 0.300 e. The fourth-order valence-electron chi connectivity index (χ4n) is 5.40. The minimum absolute atomic E-state index is 0. The lowest BCUT2D eigenvalue weighted by Gasteiger charge is -2.10. The van der Waals surface area contributed by atoms with Crippen LogP contribution in [0.3, 0.4) is 0 Å². The molecule has 0 aliphatic heterocycles. The van der Waals surface area contributed by atoms with Crippen molar-refractivity contribution in [1.29, 1.82) is 0 Å². The lowest BCUT2D eigenvalue weighted by molar-refractivity contribution is -0.496. The van der Waals surface area contributed by atoms with E-state index >= 15 is 0 Å². The summed E-state index contributed by atoms with van der Waals surface area (Å²) in [5.41, 5.74) is 3.93. The summed E-state index contributed by atoms with van der Waals surface area (Å²) in [6.07, 6.45) is 4.16. The number of imidazole rings is 1. The van der Waals surface area contributed by atoms with Crippen LogP contribution in [0.15, 0.2) is 67.0 Å². The van der Waals surface area contributed by atoms with E-state index in [1.165, 1.54) is 0 Å². The fraction of sp³-hybridized carbons (Fsp3) is 0.194. The van der Waals surface area contributed by atoms with Gasteiger partial charge in [-0.3, -0.25) is 0 Å². The highest BCUT2D eigenvalue weighted by atomic mass is 35.5. The van der Waals surface area contributed by atoms with Gasteiger partial charge in [0.25, 0.3) is 5.65 Å². The van der Waals surface area contributed by atoms with Crippen LogP contribution in [0.2, 0.25) is 0 Å². The molecule has 6 rings (SSSR count). The summed E-state index contributed by atoms with van der Waals surface area (Å²) >= 11 is 0. The van der Waals surface area contributed by atoms with Crippen LogP contribution < -0.4 is 45.2 Å². The largest absolute Gasteiger partial charge is 1.00 e. The van der Waals surface area contributed by atoms with E-state index in [-0.39, 0.29) is 12.4 Å². The fourth-order valence-corrected chi connectivity index (χ4v) is 5.40. The number of rotatable bonds is 7. The Morgan fingerprint density at radius 3 is 1.68 bits per heavy atom. The minimum atomic E-state index is 0. The highest BCUT2D eigenvalue weighted by molar-refractivity contribution is 6.06. The summed E-state index contributed by atoms with van der Waals surface area (Å²) < 4.78 is 38.1. The second-order valence-electron chi connectivity index (χ2n) is 9.05. The Kier molecular flexibility index (Phi) is 7.12. The van der Waals surface area contributed by atoms with E-state index in [0.29, 0.717) is 34.5 Å². The zero-order valence-electron chi connectivity index (χ0n) is 23.1. The number of hydrogen-bond acceptors (Lipinski definition) is 6. The molecule has 0 aliphatic carbocycles. The Morgan fingerprint density at radius 1 is 0.550 bits per heavy atom. The van der Waals surface area contributed by atoms with Crippen molar-refractivity contribution in [3.05, 3.63) is 67.0 Å². The number of ether oxygens (including phenoxy) is 6. The highest BCUT2D eigenvalue weighted by Crippen LogP contribution is 2.41. The molecule has 0 spiro atoms. The van der Waals surface area contributed by atoms with Gasteiger partial charge in [-0.1, -0.05) is 0 Å². The average Bonchev–Trinajstić information content (AvgIpc) is 3.34. The molecule has 206 valence electrons. The molecule has 0 N–H and O–H groups in total. The average molecular weight is 561 g/mol. The van der Waals surface area contributed by atoms with Gasteiger partial charge in [-0.05, 0) is 59.3 Å². The van der Waals surface area contributed by atoms with Gasteiger partial charge in [0.05, 0.1) is 60.4 Å². The molecule has 9 heteroatoms. The molecule has 40 heavy (non-hydrogen) atoms. The van der Waals surface area contributed by atoms with Crippen LogP contribution in [0.4, 0.5) is 0 Å². The van der Waals surface area contributed by atoms with E-state index in [2.05, 4.69) is 33.3 Å². The molecule has 3 heterocycles. The summed E-state index contributed by atoms with van der Waals surface area (Å²) in [5.74, 6) is 3.98. The van der Waals surface area contributed by atoms with Crippen molar-refractivity contribution in [2.75, 3.05) is 42.7 Å². The first-order chi connectivity index (χ1) is 19.1. The maximum Gasteiger partial charge on any atom is 0.300 e. The van der Waals surface area contributed by atoms with Gasteiger partial charge < -0.3 is 40.8 Å². The van der Waals surface area contributed by atoms with Crippen LogP contribution in [-0.4, -0.2) is 47.1 Å². The monoisotopic (exact) mass is 560 g/mol. The van der Waals surface area contributed by atoms with Crippen molar-refractivity contribution in [3.8, 4) is 45.8 Å². The van der Waals surface area contributed by atoms with E-state index in [9.17, 15) is 0 Å². The summed E-state index contributed by atoms with van der Waals surface area (Å²) in [4.78, 5) is 0. The van der Waals surface area contributed by atoms with Crippen LogP contribution in [-0.2, 0) is 0 Å². The normalized spacial score (nSPS) is 11.1. The van der Waals surface area contributed by atoms with Crippen molar-refractivity contribution in [1.82, 2.24) is 4.40 Å². The van der Waals surface area contributed by atoms with E-state index in [1.807, 2.05) is 42.5 Å².